The van der Waals surface area contributed by atoms with Crippen molar-refractivity contribution in [2.24, 2.45) is 0 Å². The van der Waals surface area contributed by atoms with Crippen LogP contribution in [0.1, 0.15) is 219 Å². The second-order valence-electron chi connectivity index (χ2n) is 12.7. The van der Waals surface area contributed by atoms with Crippen LogP contribution in [0.4, 0.5) is 0 Å². The van der Waals surface area contributed by atoms with E-state index in [2.05, 4.69) is 13.8 Å². The Morgan fingerprint density at radius 2 is 0.522 bits per heavy atom. The Hall–Kier alpha value is -0.327. The van der Waals surface area contributed by atoms with Crippen molar-refractivity contribution in [2.75, 3.05) is 0 Å². The second-order valence-corrected chi connectivity index (χ2v) is 13.7. The Bertz CT molecular complexity index is 593. The molecule has 0 saturated heterocycles. The van der Waals surface area contributed by atoms with Gasteiger partial charge in [-0.05, 0) is 25.7 Å². The molecule has 0 aromatic carbocycles. The van der Waals surface area contributed by atoms with Crippen LogP contribution in [0, 0.1) is 0 Å². The van der Waals surface area contributed by atoms with Crippen LogP contribution in [0.5, 0.6) is 0 Å². The number of carboxylic acids is 2. The number of hydrogen-bond acceptors (Lipinski definition) is 5. The summed E-state index contributed by atoms with van der Waals surface area (Å²) < 4.78 is 8.88. The smallest absolute Gasteiger partial charge is 0.550 e. The summed E-state index contributed by atoms with van der Waals surface area (Å²) in [5.74, 6) is -1.81. The first kappa shape index (κ1) is 52.5. The largest absolute Gasteiger partial charge is 2.00 e. The predicted molar refractivity (Wildman–Crippen MR) is 183 cm³/mol. The molecule has 0 atom stereocenters. The van der Waals surface area contributed by atoms with Crippen LogP contribution in [-0.2, 0) is 33.6 Å². The van der Waals surface area contributed by atoms with E-state index in [-0.39, 0.29) is 32.3 Å². The van der Waals surface area contributed by atoms with Crippen LogP contribution in [-0.4, -0.2) is 26.6 Å². The molecule has 0 aromatic rings. The maximum absolute atomic E-state index is 10.2. The van der Waals surface area contributed by atoms with Crippen molar-refractivity contribution in [3.05, 3.63) is 0 Å². The Morgan fingerprint density at radius 3 is 0.652 bits per heavy atom. The number of rotatable bonds is 32. The van der Waals surface area contributed by atoms with Crippen molar-refractivity contribution < 1.29 is 58.5 Å². The Morgan fingerprint density at radius 1 is 0.391 bits per heavy atom. The zero-order valence-electron chi connectivity index (χ0n) is 30.2. The van der Waals surface area contributed by atoms with Gasteiger partial charge in [-0.1, -0.05) is 194 Å². The topological polar surface area (TPSA) is 158 Å². The van der Waals surface area contributed by atoms with E-state index in [0.29, 0.717) is 0 Å². The zero-order valence-corrected chi connectivity index (χ0v) is 34.0. The summed E-state index contributed by atoms with van der Waals surface area (Å²) in [4.78, 5) is 42.0. The van der Waals surface area contributed by atoms with Crippen molar-refractivity contribution in [3.63, 3.8) is 0 Å². The Balaban J connectivity index is -0.000000327. The van der Waals surface area contributed by atoms with Gasteiger partial charge in [0.15, 0.2) is 0 Å². The summed E-state index contributed by atoms with van der Waals surface area (Å²) >= 11 is 0. The van der Waals surface area contributed by atoms with E-state index in [1.54, 1.807) is 0 Å². The molecule has 0 aliphatic rings. The Labute approximate surface area is 296 Å². The molecule has 0 saturated carbocycles. The molecule has 46 heavy (non-hydrogen) atoms. The molecular weight excluding hydrogens is 657 g/mol. The zero-order chi connectivity index (χ0) is 34.3. The van der Waals surface area contributed by atoms with Gasteiger partial charge < -0.3 is 34.5 Å². The molecule has 0 heterocycles. The number of unbranched alkanes of at least 4 members (excludes halogenated alkanes) is 28. The minimum Gasteiger partial charge on any atom is -0.550 e. The van der Waals surface area contributed by atoms with Crippen LogP contribution in [0.15, 0.2) is 0 Å². The maximum atomic E-state index is 10.2. The van der Waals surface area contributed by atoms with Crippen LogP contribution < -0.4 is 10.2 Å². The molecule has 0 aromatic heterocycles. The molecule has 272 valence electrons. The first-order valence-corrected chi connectivity index (χ1v) is 20.3. The van der Waals surface area contributed by atoms with E-state index in [9.17, 15) is 19.8 Å². The minimum absolute atomic E-state index is 0. The van der Waals surface area contributed by atoms with E-state index in [1.807, 2.05) is 0 Å². The Kier molecular flexibility index (Phi) is 51.0. The monoisotopic (exact) mass is 728 g/mol. The number of aliphatic carboxylic acids is 2. The standard InChI is InChI=1S/2C18H36O2.H3O4P.Zn/c2*1-2-3-4-5-6-7-8-9-10-11-12-13-14-15-16-17-18(19)20;1-5(2,3)4;/h2*2-17H2,1H3,(H,19,20);(H3,1,2,3,4);/q;;;+2/p-2. The molecular formula is C36H73O8PZn. The van der Waals surface area contributed by atoms with Gasteiger partial charge >= 0.3 is 27.3 Å². The van der Waals surface area contributed by atoms with Crippen LogP contribution in [0.3, 0.4) is 0 Å². The molecule has 0 unspecified atom stereocenters. The molecule has 0 fully saturated rings. The first-order chi connectivity index (χ1) is 21.5. The quantitative estimate of drug-likeness (QED) is 0.0351. The van der Waals surface area contributed by atoms with Crippen molar-refractivity contribution in [1.29, 1.82) is 0 Å². The van der Waals surface area contributed by atoms with Crippen molar-refractivity contribution in [1.82, 2.24) is 0 Å². The van der Waals surface area contributed by atoms with Gasteiger partial charge in [-0.3, -0.25) is 0 Å². The molecule has 0 aliphatic carbocycles. The third kappa shape index (κ3) is 70.1. The SMILES string of the molecule is CCCCCCCCCCCCCCCCCC(=O)[O-].CCCCCCCCCCCCCCCCCC(=O)[O-].O=P(O)(O)O.[Zn+2]. The van der Waals surface area contributed by atoms with Crippen LogP contribution in [0.2, 0.25) is 0 Å². The maximum Gasteiger partial charge on any atom is 2.00 e. The van der Waals surface area contributed by atoms with Gasteiger partial charge in [0.05, 0.1) is 0 Å². The fraction of sp³-hybridized carbons (Fsp3) is 0.944. The first-order valence-electron chi connectivity index (χ1n) is 18.7. The van der Waals surface area contributed by atoms with Gasteiger partial charge in [0.2, 0.25) is 0 Å². The molecule has 0 rings (SSSR count). The third-order valence-electron chi connectivity index (χ3n) is 7.97. The summed E-state index contributed by atoms with van der Waals surface area (Å²) in [5.41, 5.74) is 0. The second kappa shape index (κ2) is 44.7. The summed E-state index contributed by atoms with van der Waals surface area (Å²) in [5, 5.41) is 20.4. The molecule has 0 amide bonds. The van der Waals surface area contributed by atoms with Crippen LogP contribution >= 0.6 is 7.82 Å². The number of phosphoric acid groups is 1. The minimum atomic E-state index is -4.64. The van der Waals surface area contributed by atoms with Gasteiger partial charge in [-0.15, -0.1) is 0 Å². The van der Waals surface area contributed by atoms with Crippen LogP contribution in [0.25, 0.3) is 0 Å². The predicted octanol–water partition coefficient (Wildman–Crippen LogP) is 9.06. The summed E-state index contributed by atoms with van der Waals surface area (Å²) in [6.07, 6.45) is 39.7. The van der Waals surface area contributed by atoms with E-state index < -0.39 is 19.8 Å². The number of carbonyl (C=O) groups is 2. The molecule has 3 N–H and O–H groups in total. The average Bonchev–Trinajstić information content (AvgIpc) is 2.96. The number of hydrogen-bond donors (Lipinski definition) is 3. The van der Waals surface area contributed by atoms with E-state index in [1.165, 1.54) is 167 Å². The van der Waals surface area contributed by atoms with Crippen molar-refractivity contribution in [3.8, 4) is 0 Å². The average molecular weight is 730 g/mol. The van der Waals surface area contributed by atoms with Crippen molar-refractivity contribution in [2.45, 2.75) is 219 Å². The third-order valence-corrected chi connectivity index (χ3v) is 7.97. The van der Waals surface area contributed by atoms with Gasteiger partial charge in [-0.2, -0.15) is 0 Å². The molecule has 10 heteroatoms. The number of carboxylic acid groups (broad SMARTS) is 2. The van der Waals surface area contributed by atoms with Crippen molar-refractivity contribution >= 4 is 19.8 Å². The summed E-state index contributed by atoms with van der Waals surface area (Å²) in [7, 11) is -4.64. The number of carbonyl (C=O) groups excluding carboxylic acids is 2. The summed E-state index contributed by atoms with van der Waals surface area (Å²) in [6, 6.07) is 0. The van der Waals surface area contributed by atoms with Gasteiger partial charge in [0.25, 0.3) is 0 Å². The fourth-order valence-electron chi connectivity index (χ4n) is 5.28. The normalized spacial score (nSPS) is 10.7. The van der Waals surface area contributed by atoms with Gasteiger partial charge in [0.1, 0.15) is 0 Å². The molecule has 0 radical (unpaired) electrons. The molecule has 0 aliphatic heterocycles. The van der Waals surface area contributed by atoms with E-state index in [0.717, 1.165) is 25.7 Å². The summed E-state index contributed by atoms with van der Waals surface area (Å²) in [6.45, 7) is 4.53. The van der Waals surface area contributed by atoms with E-state index in [4.69, 9.17) is 19.2 Å². The van der Waals surface area contributed by atoms with Gasteiger partial charge in [-0.25, -0.2) is 4.57 Å². The van der Waals surface area contributed by atoms with E-state index >= 15 is 0 Å². The fourth-order valence-corrected chi connectivity index (χ4v) is 5.28. The molecule has 0 bridgehead atoms. The molecule has 0 spiro atoms. The molecule has 8 nitrogen and oxygen atoms in total. The van der Waals surface area contributed by atoms with Gasteiger partial charge in [0, 0.05) is 11.9 Å².